The molecular weight excluding hydrogens is 364 g/mol. The van der Waals surface area contributed by atoms with E-state index in [4.69, 9.17) is 4.74 Å². The second-order valence-electron chi connectivity index (χ2n) is 6.40. The molecule has 1 N–H and O–H groups in total. The van der Waals surface area contributed by atoms with Crippen LogP contribution in [0.1, 0.15) is 30.3 Å². The first-order valence-electron chi connectivity index (χ1n) is 8.79. The average molecular weight is 384 g/mol. The van der Waals surface area contributed by atoms with Gasteiger partial charge in [0.15, 0.2) is 0 Å². The molecule has 0 bridgehead atoms. The molecule has 4 rings (SSSR count). The summed E-state index contributed by atoms with van der Waals surface area (Å²) in [5, 5.41) is 4.12. The van der Waals surface area contributed by atoms with Crippen LogP contribution >= 0.6 is 0 Å². The SMILES string of the molecule is O=S(=O)(N[C@H]1CCCn2ncnc21)c1ccc(OCc2ccccc2)cc1. The molecule has 27 heavy (non-hydrogen) atoms. The van der Waals surface area contributed by atoms with Gasteiger partial charge in [0.1, 0.15) is 24.5 Å². The number of nitrogens with zero attached hydrogens (tertiary/aromatic N) is 3. The van der Waals surface area contributed by atoms with E-state index in [1.807, 2.05) is 30.3 Å². The molecule has 0 fully saturated rings. The number of aryl methyl sites for hydroxylation is 1. The summed E-state index contributed by atoms with van der Waals surface area (Å²) in [6, 6.07) is 15.9. The van der Waals surface area contributed by atoms with E-state index < -0.39 is 10.0 Å². The highest BCUT2D eigenvalue weighted by atomic mass is 32.2. The zero-order valence-corrected chi connectivity index (χ0v) is 15.5. The standard InChI is InChI=1S/C19H20N4O3S/c24-27(25,22-18-7-4-12-23-19(18)20-14-21-23)17-10-8-16(9-11-17)26-13-15-5-2-1-3-6-15/h1-3,5-6,8-11,14,18,22H,4,7,12-13H2/t18-/m0/s1. The Labute approximate surface area is 158 Å². The topological polar surface area (TPSA) is 86.1 Å². The van der Waals surface area contributed by atoms with Crippen LogP contribution < -0.4 is 9.46 Å². The average Bonchev–Trinajstić information content (AvgIpc) is 3.17. The van der Waals surface area contributed by atoms with Gasteiger partial charge in [0.2, 0.25) is 10.0 Å². The quantitative estimate of drug-likeness (QED) is 0.706. The van der Waals surface area contributed by atoms with Crippen LogP contribution in [0.2, 0.25) is 0 Å². The largest absolute Gasteiger partial charge is 0.489 e. The summed E-state index contributed by atoms with van der Waals surface area (Å²) in [5.41, 5.74) is 1.05. The maximum atomic E-state index is 12.7. The molecule has 8 heteroatoms. The molecule has 1 aliphatic rings. The fraction of sp³-hybridized carbons (Fsp3) is 0.263. The summed E-state index contributed by atoms with van der Waals surface area (Å²) in [6.45, 7) is 1.20. The number of aromatic nitrogens is 3. The molecule has 1 atom stereocenters. The van der Waals surface area contributed by atoms with E-state index in [9.17, 15) is 8.42 Å². The third-order valence-corrected chi connectivity index (χ3v) is 5.99. The highest BCUT2D eigenvalue weighted by Gasteiger charge is 2.27. The van der Waals surface area contributed by atoms with Crippen molar-refractivity contribution >= 4 is 10.0 Å². The second kappa shape index (κ2) is 7.50. The van der Waals surface area contributed by atoms with Crippen molar-refractivity contribution in [1.82, 2.24) is 19.5 Å². The maximum Gasteiger partial charge on any atom is 0.241 e. The van der Waals surface area contributed by atoms with Crippen LogP contribution in [0.5, 0.6) is 5.75 Å². The predicted octanol–water partition coefficient (Wildman–Crippen LogP) is 2.67. The highest BCUT2D eigenvalue weighted by molar-refractivity contribution is 7.89. The van der Waals surface area contributed by atoms with Gasteiger partial charge in [-0.3, -0.25) is 0 Å². The van der Waals surface area contributed by atoms with Gasteiger partial charge in [0.05, 0.1) is 10.9 Å². The third kappa shape index (κ3) is 4.01. The van der Waals surface area contributed by atoms with Crippen LogP contribution in [-0.4, -0.2) is 23.2 Å². The van der Waals surface area contributed by atoms with Crippen LogP contribution in [-0.2, 0) is 23.2 Å². The van der Waals surface area contributed by atoms with Gasteiger partial charge in [0.25, 0.3) is 0 Å². The van der Waals surface area contributed by atoms with Gasteiger partial charge in [-0.05, 0) is 42.7 Å². The first-order chi connectivity index (χ1) is 13.1. The number of sulfonamides is 1. The number of hydrogen-bond donors (Lipinski definition) is 1. The van der Waals surface area contributed by atoms with Crippen molar-refractivity contribution < 1.29 is 13.2 Å². The number of ether oxygens (including phenoxy) is 1. The van der Waals surface area contributed by atoms with Crippen LogP contribution in [0.3, 0.4) is 0 Å². The summed E-state index contributed by atoms with van der Waals surface area (Å²) in [4.78, 5) is 4.39. The van der Waals surface area contributed by atoms with Gasteiger partial charge >= 0.3 is 0 Å². The minimum atomic E-state index is -3.65. The van der Waals surface area contributed by atoms with Crippen LogP contribution in [0.25, 0.3) is 0 Å². The lowest BCUT2D eigenvalue weighted by atomic mass is 10.1. The Morgan fingerprint density at radius 2 is 1.89 bits per heavy atom. The monoisotopic (exact) mass is 384 g/mol. The van der Waals surface area contributed by atoms with E-state index >= 15 is 0 Å². The summed E-state index contributed by atoms with van der Waals surface area (Å²) in [7, 11) is -3.65. The fourth-order valence-electron chi connectivity index (χ4n) is 3.11. The van der Waals surface area contributed by atoms with E-state index in [0.29, 0.717) is 24.6 Å². The Balaban J connectivity index is 1.44. The summed E-state index contributed by atoms with van der Waals surface area (Å²) in [5.74, 6) is 1.28. The first kappa shape index (κ1) is 17.7. The van der Waals surface area contributed by atoms with Gasteiger partial charge in [-0.1, -0.05) is 30.3 Å². The lowest BCUT2D eigenvalue weighted by Gasteiger charge is -2.23. The minimum absolute atomic E-state index is 0.200. The molecule has 0 saturated carbocycles. The smallest absolute Gasteiger partial charge is 0.241 e. The molecule has 0 unspecified atom stereocenters. The van der Waals surface area contributed by atoms with Gasteiger partial charge in [0, 0.05) is 6.54 Å². The van der Waals surface area contributed by atoms with Crippen LogP contribution in [0.15, 0.2) is 65.8 Å². The Morgan fingerprint density at radius 1 is 1.11 bits per heavy atom. The Kier molecular flexibility index (Phi) is 4.91. The molecule has 0 spiro atoms. The summed E-state index contributed by atoms with van der Waals surface area (Å²) < 4.78 is 35.6. The molecule has 0 aliphatic carbocycles. The number of benzene rings is 2. The van der Waals surface area contributed by atoms with E-state index in [1.165, 1.54) is 6.33 Å². The lowest BCUT2D eigenvalue weighted by Crippen LogP contribution is -2.33. The highest BCUT2D eigenvalue weighted by Crippen LogP contribution is 2.25. The van der Waals surface area contributed by atoms with Gasteiger partial charge in [-0.25, -0.2) is 22.8 Å². The summed E-state index contributed by atoms with van der Waals surface area (Å²) in [6.07, 6.45) is 3.02. The summed E-state index contributed by atoms with van der Waals surface area (Å²) >= 11 is 0. The lowest BCUT2D eigenvalue weighted by molar-refractivity contribution is 0.306. The normalized spacial score (nSPS) is 16.7. The molecular formula is C19H20N4O3S. The fourth-order valence-corrected chi connectivity index (χ4v) is 4.34. The van der Waals surface area contributed by atoms with E-state index in [1.54, 1.807) is 28.9 Å². The molecule has 2 heterocycles. The molecule has 2 aromatic carbocycles. The number of fused-ring (bicyclic) bond motifs is 1. The van der Waals surface area contributed by atoms with Crippen molar-refractivity contribution in [2.75, 3.05) is 0 Å². The van der Waals surface area contributed by atoms with Crippen molar-refractivity contribution in [3.63, 3.8) is 0 Å². The number of hydrogen-bond acceptors (Lipinski definition) is 5. The Morgan fingerprint density at radius 3 is 2.67 bits per heavy atom. The Bertz CT molecular complexity index is 1000. The van der Waals surface area contributed by atoms with Gasteiger partial charge in [-0.15, -0.1) is 0 Å². The van der Waals surface area contributed by atoms with Gasteiger partial charge < -0.3 is 4.74 Å². The van der Waals surface area contributed by atoms with Gasteiger partial charge in [-0.2, -0.15) is 5.10 Å². The van der Waals surface area contributed by atoms with E-state index in [2.05, 4.69) is 14.8 Å². The van der Waals surface area contributed by atoms with Crippen molar-refractivity contribution in [3.8, 4) is 5.75 Å². The molecule has 0 amide bonds. The predicted molar refractivity (Wildman–Crippen MR) is 99.5 cm³/mol. The zero-order chi connectivity index (χ0) is 18.7. The Hall–Kier alpha value is -2.71. The molecule has 0 saturated heterocycles. The third-order valence-electron chi connectivity index (χ3n) is 4.50. The molecule has 1 aromatic heterocycles. The molecule has 0 radical (unpaired) electrons. The molecule has 3 aromatic rings. The number of nitrogens with one attached hydrogen (secondary N) is 1. The number of rotatable bonds is 6. The minimum Gasteiger partial charge on any atom is -0.489 e. The maximum absolute atomic E-state index is 12.7. The molecule has 1 aliphatic heterocycles. The van der Waals surface area contributed by atoms with Crippen LogP contribution in [0, 0.1) is 0 Å². The second-order valence-corrected chi connectivity index (χ2v) is 8.12. The molecule has 7 nitrogen and oxygen atoms in total. The van der Waals surface area contributed by atoms with E-state index in [0.717, 1.165) is 18.5 Å². The van der Waals surface area contributed by atoms with Crippen LogP contribution in [0.4, 0.5) is 0 Å². The first-order valence-corrected chi connectivity index (χ1v) is 10.3. The van der Waals surface area contributed by atoms with Crippen molar-refractivity contribution in [1.29, 1.82) is 0 Å². The van der Waals surface area contributed by atoms with Crippen molar-refractivity contribution in [2.24, 2.45) is 0 Å². The zero-order valence-electron chi connectivity index (χ0n) is 14.7. The van der Waals surface area contributed by atoms with Crippen molar-refractivity contribution in [2.45, 2.75) is 36.9 Å². The van der Waals surface area contributed by atoms with Crippen molar-refractivity contribution in [3.05, 3.63) is 72.3 Å². The molecule has 140 valence electrons. The van der Waals surface area contributed by atoms with E-state index in [-0.39, 0.29) is 10.9 Å².